The highest BCUT2D eigenvalue weighted by atomic mass is 19.1. The second-order valence-corrected chi connectivity index (χ2v) is 4.42. The predicted molar refractivity (Wildman–Crippen MR) is 69.0 cm³/mol. The number of methoxy groups -OCH3 is 1. The van der Waals surface area contributed by atoms with Gasteiger partial charge in [-0.3, -0.25) is 0 Å². The summed E-state index contributed by atoms with van der Waals surface area (Å²) in [7, 11) is 1.48. The molecule has 0 aliphatic carbocycles. The number of rotatable bonds is 7. The zero-order valence-corrected chi connectivity index (χ0v) is 10.9. The van der Waals surface area contributed by atoms with Crippen LogP contribution in [0.4, 0.5) is 4.39 Å². The van der Waals surface area contributed by atoms with Gasteiger partial charge in [0.1, 0.15) is 0 Å². The maximum absolute atomic E-state index is 13.4. The third kappa shape index (κ3) is 4.73. The van der Waals surface area contributed by atoms with Gasteiger partial charge in [-0.15, -0.1) is 0 Å². The molecule has 1 atom stereocenters. The number of hydrogen-bond donors (Lipinski definition) is 1. The third-order valence-electron chi connectivity index (χ3n) is 2.88. The standard InChI is InChI=1S/C14H22FNO/c1-4-16-10-11(2)5-6-12-7-8-14(17-3)13(15)9-12/h7-9,11,16H,4-6,10H2,1-3H3. The van der Waals surface area contributed by atoms with Crippen LogP contribution in [-0.2, 0) is 6.42 Å². The van der Waals surface area contributed by atoms with Crippen LogP contribution >= 0.6 is 0 Å². The van der Waals surface area contributed by atoms with Crippen molar-refractivity contribution in [2.45, 2.75) is 26.7 Å². The molecule has 0 aliphatic heterocycles. The molecule has 1 unspecified atom stereocenters. The van der Waals surface area contributed by atoms with Crippen molar-refractivity contribution < 1.29 is 9.13 Å². The highest BCUT2D eigenvalue weighted by Gasteiger charge is 2.05. The van der Waals surface area contributed by atoms with E-state index >= 15 is 0 Å². The van der Waals surface area contributed by atoms with Gasteiger partial charge in [0, 0.05) is 0 Å². The van der Waals surface area contributed by atoms with Gasteiger partial charge in [0.15, 0.2) is 11.6 Å². The average molecular weight is 239 g/mol. The van der Waals surface area contributed by atoms with Crippen LogP contribution in [0, 0.1) is 11.7 Å². The summed E-state index contributed by atoms with van der Waals surface area (Å²) >= 11 is 0. The number of aryl methyl sites for hydroxylation is 1. The summed E-state index contributed by atoms with van der Waals surface area (Å²) in [6.07, 6.45) is 1.98. The lowest BCUT2D eigenvalue weighted by Gasteiger charge is -2.12. The molecule has 0 aromatic heterocycles. The summed E-state index contributed by atoms with van der Waals surface area (Å²) in [5.74, 6) is 0.652. The quantitative estimate of drug-likeness (QED) is 0.789. The topological polar surface area (TPSA) is 21.3 Å². The first-order valence-corrected chi connectivity index (χ1v) is 6.20. The molecule has 96 valence electrons. The Morgan fingerprint density at radius 3 is 2.76 bits per heavy atom. The molecular weight excluding hydrogens is 217 g/mol. The SMILES string of the molecule is CCNCC(C)CCc1ccc(OC)c(F)c1. The van der Waals surface area contributed by atoms with E-state index in [1.807, 2.05) is 6.07 Å². The van der Waals surface area contributed by atoms with Crippen LogP contribution in [0.5, 0.6) is 5.75 Å². The van der Waals surface area contributed by atoms with Gasteiger partial charge in [0.2, 0.25) is 0 Å². The van der Waals surface area contributed by atoms with Gasteiger partial charge in [-0.1, -0.05) is 19.9 Å². The first-order valence-electron chi connectivity index (χ1n) is 6.20. The van der Waals surface area contributed by atoms with Gasteiger partial charge >= 0.3 is 0 Å². The molecule has 17 heavy (non-hydrogen) atoms. The van der Waals surface area contributed by atoms with E-state index < -0.39 is 0 Å². The molecule has 3 heteroatoms. The molecule has 0 fully saturated rings. The molecule has 0 saturated heterocycles. The molecular formula is C14H22FNO. The average Bonchev–Trinajstić information content (AvgIpc) is 2.34. The van der Waals surface area contributed by atoms with E-state index in [2.05, 4.69) is 19.2 Å². The van der Waals surface area contributed by atoms with E-state index in [0.717, 1.165) is 31.5 Å². The van der Waals surface area contributed by atoms with Crippen molar-refractivity contribution in [2.24, 2.45) is 5.92 Å². The third-order valence-corrected chi connectivity index (χ3v) is 2.88. The van der Waals surface area contributed by atoms with Crippen molar-refractivity contribution in [3.8, 4) is 5.75 Å². The number of halogens is 1. The molecule has 0 heterocycles. The van der Waals surface area contributed by atoms with Crippen LogP contribution in [0.2, 0.25) is 0 Å². The molecule has 1 N–H and O–H groups in total. The first-order chi connectivity index (χ1) is 8.17. The lowest BCUT2D eigenvalue weighted by atomic mass is 10.0. The van der Waals surface area contributed by atoms with Crippen LogP contribution in [0.25, 0.3) is 0 Å². The van der Waals surface area contributed by atoms with Gasteiger partial charge in [-0.25, -0.2) is 4.39 Å². The van der Waals surface area contributed by atoms with Crippen molar-refractivity contribution in [3.05, 3.63) is 29.6 Å². The zero-order chi connectivity index (χ0) is 12.7. The Bertz CT molecular complexity index is 341. The van der Waals surface area contributed by atoms with Crippen molar-refractivity contribution in [1.82, 2.24) is 5.32 Å². The Balaban J connectivity index is 2.44. The summed E-state index contributed by atoms with van der Waals surface area (Å²) in [5.41, 5.74) is 1.03. The van der Waals surface area contributed by atoms with Crippen molar-refractivity contribution >= 4 is 0 Å². The number of nitrogens with one attached hydrogen (secondary N) is 1. The van der Waals surface area contributed by atoms with E-state index in [4.69, 9.17) is 4.74 Å². The molecule has 1 aromatic carbocycles. The van der Waals surface area contributed by atoms with Crippen molar-refractivity contribution in [1.29, 1.82) is 0 Å². The largest absolute Gasteiger partial charge is 0.494 e. The smallest absolute Gasteiger partial charge is 0.165 e. The highest BCUT2D eigenvalue weighted by Crippen LogP contribution is 2.19. The fourth-order valence-corrected chi connectivity index (χ4v) is 1.77. The van der Waals surface area contributed by atoms with Crippen LogP contribution in [0.3, 0.4) is 0 Å². The highest BCUT2D eigenvalue weighted by molar-refractivity contribution is 5.29. The molecule has 0 spiro atoms. The fourth-order valence-electron chi connectivity index (χ4n) is 1.77. The molecule has 1 rings (SSSR count). The van der Waals surface area contributed by atoms with E-state index in [9.17, 15) is 4.39 Å². The number of benzene rings is 1. The fraction of sp³-hybridized carbons (Fsp3) is 0.571. The Labute approximate surface area is 103 Å². The monoisotopic (exact) mass is 239 g/mol. The molecule has 0 amide bonds. The maximum Gasteiger partial charge on any atom is 0.165 e. The predicted octanol–water partition coefficient (Wildman–Crippen LogP) is 3.01. The number of ether oxygens (including phenoxy) is 1. The molecule has 0 bridgehead atoms. The van der Waals surface area contributed by atoms with Gasteiger partial charge in [-0.2, -0.15) is 0 Å². The summed E-state index contributed by atoms with van der Waals surface area (Å²) in [6, 6.07) is 5.19. The van der Waals surface area contributed by atoms with Gasteiger partial charge < -0.3 is 10.1 Å². The van der Waals surface area contributed by atoms with Crippen LogP contribution in [-0.4, -0.2) is 20.2 Å². The normalized spacial score (nSPS) is 12.5. The Morgan fingerprint density at radius 1 is 1.41 bits per heavy atom. The van der Waals surface area contributed by atoms with E-state index in [0.29, 0.717) is 11.7 Å². The molecule has 0 aliphatic rings. The first kappa shape index (κ1) is 14.0. The van der Waals surface area contributed by atoms with Crippen LogP contribution in [0.15, 0.2) is 18.2 Å². The minimum atomic E-state index is -0.274. The molecule has 1 aromatic rings. The number of hydrogen-bond acceptors (Lipinski definition) is 2. The molecule has 2 nitrogen and oxygen atoms in total. The lowest BCUT2D eigenvalue weighted by Crippen LogP contribution is -2.20. The van der Waals surface area contributed by atoms with E-state index in [-0.39, 0.29) is 5.82 Å². The zero-order valence-electron chi connectivity index (χ0n) is 10.9. The summed E-state index contributed by atoms with van der Waals surface area (Å²) < 4.78 is 18.3. The van der Waals surface area contributed by atoms with Crippen molar-refractivity contribution in [3.63, 3.8) is 0 Å². The minimum Gasteiger partial charge on any atom is -0.494 e. The Hall–Kier alpha value is -1.09. The maximum atomic E-state index is 13.4. The summed E-state index contributed by atoms with van der Waals surface area (Å²) in [5, 5.41) is 3.32. The van der Waals surface area contributed by atoms with Gasteiger partial charge in [-0.05, 0) is 49.5 Å². The lowest BCUT2D eigenvalue weighted by molar-refractivity contribution is 0.386. The Kier molecular flexibility index (Phi) is 5.98. The van der Waals surface area contributed by atoms with E-state index in [1.54, 1.807) is 12.1 Å². The Morgan fingerprint density at radius 2 is 2.18 bits per heavy atom. The second kappa shape index (κ2) is 7.28. The minimum absolute atomic E-state index is 0.274. The van der Waals surface area contributed by atoms with Gasteiger partial charge in [0.25, 0.3) is 0 Å². The molecule has 0 radical (unpaired) electrons. The van der Waals surface area contributed by atoms with Crippen LogP contribution < -0.4 is 10.1 Å². The summed E-state index contributed by atoms with van der Waals surface area (Å²) in [6.45, 7) is 6.34. The van der Waals surface area contributed by atoms with Gasteiger partial charge in [0.05, 0.1) is 7.11 Å². The summed E-state index contributed by atoms with van der Waals surface area (Å²) in [4.78, 5) is 0. The van der Waals surface area contributed by atoms with E-state index in [1.165, 1.54) is 7.11 Å². The van der Waals surface area contributed by atoms with Crippen LogP contribution in [0.1, 0.15) is 25.8 Å². The van der Waals surface area contributed by atoms with Crippen molar-refractivity contribution in [2.75, 3.05) is 20.2 Å². The second-order valence-electron chi connectivity index (χ2n) is 4.42. The molecule has 0 saturated carbocycles.